The minimum atomic E-state index is -0.201. The van der Waals surface area contributed by atoms with Crippen molar-refractivity contribution >= 4 is 42.6 Å². The van der Waals surface area contributed by atoms with Crippen molar-refractivity contribution in [1.29, 1.82) is 0 Å². The first-order valence-corrected chi connectivity index (χ1v) is 9.15. The van der Waals surface area contributed by atoms with Crippen molar-refractivity contribution in [2.45, 2.75) is 25.9 Å². The highest BCUT2D eigenvalue weighted by atomic mass is 127. The molecule has 2 aromatic rings. The molecule has 0 amide bonds. The van der Waals surface area contributed by atoms with E-state index >= 15 is 0 Å². The van der Waals surface area contributed by atoms with E-state index < -0.39 is 0 Å². The molecule has 0 unspecified atom stereocenters. The van der Waals surface area contributed by atoms with Gasteiger partial charge in [0.2, 0.25) is 0 Å². The minimum Gasteiger partial charge on any atom is -0.361 e. The van der Waals surface area contributed by atoms with E-state index in [2.05, 4.69) is 50.6 Å². The molecule has 0 aromatic carbocycles. The number of hydrogen-bond acceptors (Lipinski definition) is 4. The van der Waals surface area contributed by atoms with E-state index in [0.29, 0.717) is 6.73 Å². The standard InChI is InChI=1S/C10H14IN4OSi/c1-17(2)4-3-16-7-15-6-14-8-9(11)12-5-13-10(8)15/h5-6H,3-4,7H2,1-2H3. The molecule has 0 fully saturated rings. The quantitative estimate of drug-likeness (QED) is 0.355. The van der Waals surface area contributed by atoms with Gasteiger partial charge in [-0.05, 0) is 28.6 Å². The molecule has 2 aromatic heterocycles. The topological polar surface area (TPSA) is 52.8 Å². The Morgan fingerprint density at radius 3 is 2.94 bits per heavy atom. The van der Waals surface area contributed by atoms with Crippen LogP contribution >= 0.6 is 22.6 Å². The largest absolute Gasteiger partial charge is 0.361 e. The Hall–Kier alpha value is -0.543. The number of nitrogens with zero attached hydrogens (tertiary/aromatic N) is 4. The van der Waals surface area contributed by atoms with Crippen molar-refractivity contribution in [2.75, 3.05) is 6.61 Å². The van der Waals surface area contributed by atoms with Gasteiger partial charge in [0.25, 0.3) is 0 Å². The third kappa shape index (κ3) is 3.23. The van der Waals surface area contributed by atoms with Gasteiger partial charge in [-0.3, -0.25) is 4.57 Å². The van der Waals surface area contributed by atoms with Crippen molar-refractivity contribution in [3.8, 4) is 0 Å². The first-order valence-electron chi connectivity index (χ1n) is 5.36. The van der Waals surface area contributed by atoms with Gasteiger partial charge in [0.15, 0.2) is 5.65 Å². The normalized spacial score (nSPS) is 11.5. The zero-order valence-corrected chi connectivity index (χ0v) is 13.0. The van der Waals surface area contributed by atoms with Gasteiger partial charge in [-0.25, -0.2) is 15.0 Å². The molecule has 17 heavy (non-hydrogen) atoms. The van der Waals surface area contributed by atoms with Crippen molar-refractivity contribution in [3.05, 3.63) is 16.4 Å². The van der Waals surface area contributed by atoms with Crippen LogP contribution < -0.4 is 0 Å². The smallest absolute Gasteiger partial charge is 0.166 e. The van der Waals surface area contributed by atoms with Crippen molar-refractivity contribution < 1.29 is 4.74 Å². The summed E-state index contributed by atoms with van der Waals surface area (Å²) in [4.78, 5) is 12.6. The summed E-state index contributed by atoms with van der Waals surface area (Å²) in [6.45, 7) is 5.90. The fourth-order valence-corrected chi connectivity index (χ4v) is 2.44. The van der Waals surface area contributed by atoms with E-state index in [1.807, 2.05) is 4.57 Å². The summed E-state index contributed by atoms with van der Waals surface area (Å²) >= 11 is 2.16. The second-order valence-corrected chi connectivity index (χ2v) is 7.98. The fraction of sp³-hybridized carbons (Fsp3) is 0.500. The van der Waals surface area contributed by atoms with Crippen LogP contribution in [0.4, 0.5) is 0 Å². The summed E-state index contributed by atoms with van der Waals surface area (Å²) in [5, 5.41) is 0. The van der Waals surface area contributed by atoms with Gasteiger partial charge in [-0.2, -0.15) is 0 Å². The molecular formula is C10H14IN4OSi. The summed E-state index contributed by atoms with van der Waals surface area (Å²) in [6, 6.07) is 1.17. The first kappa shape index (κ1) is 12.9. The summed E-state index contributed by atoms with van der Waals surface area (Å²) in [7, 11) is -0.201. The monoisotopic (exact) mass is 361 g/mol. The molecule has 1 radical (unpaired) electrons. The fourth-order valence-electron chi connectivity index (χ4n) is 1.39. The second-order valence-electron chi connectivity index (χ2n) is 4.05. The number of ether oxygens (including phenoxy) is 1. The molecule has 91 valence electrons. The van der Waals surface area contributed by atoms with Gasteiger partial charge in [-0.1, -0.05) is 13.1 Å². The maximum absolute atomic E-state index is 5.62. The molecule has 0 spiro atoms. The van der Waals surface area contributed by atoms with Gasteiger partial charge in [0, 0.05) is 15.4 Å². The predicted molar refractivity (Wildman–Crippen MR) is 76.3 cm³/mol. The predicted octanol–water partition coefficient (Wildman–Crippen LogP) is 2.16. The SMILES string of the molecule is C[Si](C)CCOCn1cnc2c(I)ncnc21. The highest BCUT2D eigenvalue weighted by Gasteiger charge is 2.07. The number of aromatic nitrogens is 4. The van der Waals surface area contributed by atoms with E-state index in [1.165, 1.54) is 6.04 Å². The highest BCUT2D eigenvalue weighted by molar-refractivity contribution is 14.1. The number of halogens is 1. The molecular weight excluding hydrogens is 347 g/mol. The molecule has 2 rings (SSSR count). The molecule has 0 aliphatic rings. The van der Waals surface area contributed by atoms with Crippen molar-refractivity contribution in [3.63, 3.8) is 0 Å². The molecule has 0 aliphatic carbocycles. The lowest BCUT2D eigenvalue weighted by molar-refractivity contribution is 0.0898. The van der Waals surface area contributed by atoms with E-state index in [4.69, 9.17) is 4.74 Å². The Kier molecular flexibility index (Phi) is 4.46. The second kappa shape index (κ2) is 5.87. The first-order chi connectivity index (χ1) is 8.18. The Morgan fingerprint density at radius 1 is 1.35 bits per heavy atom. The summed E-state index contributed by atoms with van der Waals surface area (Å²) in [6.07, 6.45) is 3.31. The van der Waals surface area contributed by atoms with Crippen LogP contribution in [-0.4, -0.2) is 34.9 Å². The lowest BCUT2D eigenvalue weighted by Gasteiger charge is -2.06. The van der Waals surface area contributed by atoms with Crippen LogP contribution in [0.1, 0.15) is 0 Å². The molecule has 7 heteroatoms. The van der Waals surface area contributed by atoms with Gasteiger partial charge in [-0.15, -0.1) is 0 Å². The van der Waals surface area contributed by atoms with Crippen LogP contribution in [0.15, 0.2) is 12.7 Å². The zero-order chi connectivity index (χ0) is 12.3. The molecule has 2 heterocycles. The van der Waals surface area contributed by atoms with Crippen LogP contribution in [0.5, 0.6) is 0 Å². The lowest BCUT2D eigenvalue weighted by atomic mass is 10.6. The summed E-state index contributed by atoms with van der Waals surface area (Å²) in [5.74, 6) is 0. The Balaban J connectivity index is 2.02. The molecule has 0 aliphatic heterocycles. The highest BCUT2D eigenvalue weighted by Crippen LogP contribution is 2.14. The van der Waals surface area contributed by atoms with Crippen molar-refractivity contribution in [1.82, 2.24) is 19.5 Å². The maximum atomic E-state index is 5.62. The van der Waals surface area contributed by atoms with Gasteiger partial charge in [0.1, 0.15) is 22.3 Å². The van der Waals surface area contributed by atoms with Gasteiger partial charge in [0.05, 0.1) is 6.33 Å². The average molecular weight is 361 g/mol. The Labute approximate surface area is 115 Å². The molecule has 0 saturated carbocycles. The lowest BCUT2D eigenvalue weighted by Crippen LogP contribution is -2.08. The number of hydrogen-bond donors (Lipinski definition) is 0. The van der Waals surface area contributed by atoms with E-state index in [-0.39, 0.29) is 8.80 Å². The van der Waals surface area contributed by atoms with Crippen LogP contribution in [0.3, 0.4) is 0 Å². The maximum Gasteiger partial charge on any atom is 0.166 e. The van der Waals surface area contributed by atoms with E-state index in [9.17, 15) is 0 Å². The minimum absolute atomic E-state index is 0.201. The van der Waals surface area contributed by atoms with E-state index in [0.717, 1.165) is 21.5 Å². The van der Waals surface area contributed by atoms with Crippen LogP contribution in [-0.2, 0) is 11.5 Å². The van der Waals surface area contributed by atoms with E-state index in [1.54, 1.807) is 12.7 Å². The third-order valence-corrected chi connectivity index (χ3v) is 4.33. The summed E-state index contributed by atoms with van der Waals surface area (Å²) < 4.78 is 8.41. The van der Waals surface area contributed by atoms with Crippen LogP contribution in [0.2, 0.25) is 19.1 Å². The van der Waals surface area contributed by atoms with Crippen LogP contribution in [0.25, 0.3) is 11.2 Å². The molecule has 5 nitrogen and oxygen atoms in total. The van der Waals surface area contributed by atoms with Gasteiger partial charge >= 0.3 is 0 Å². The molecule has 0 bridgehead atoms. The Morgan fingerprint density at radius 2 is 2.18 bits per heavy atom. The average Bonchev–Trinajstić information content (AvgIpc) is 2.69. The summed E-state index contributed by atoms with van der Waals surface area (Å²) in [5.41, 5.74) is 1.68. The zero-order valence-electron chi connectivity index (χ0n) is 9.85. The van der Waals surface area contributed by atoms with Crippen molar-refractivity contribution in [2.24, 2.45) is 0 Å². The van der Waals surface area contributed by atoms with Crippen LogP contribution in [0, 0.1) is 3.70 Å². The van der Waals surface area contributed by atoms with Gasteiger partial charge < -0.3 is 4.74 Å². The number of imidazole rings is 1. The number of fused-ring (bicyclic) bond motifs is 1. The third-order valence-electron chi connectivity index (χ3n) is 2.33. The Bertz CT molecular complexity index is 502. The molecule has 0 atom stereocenters. The number of rotatable bonds is 5. The molecule has 0 N–H and O–H groups in total. The molecule has 0 saturated heterocycles.